The Morgan fingerprint density at radius 3 is 2.88 bits per heavy atom. The first-order valence-electron chi connectivity index (χ1n) is 7.63. The molecule has 1 aromatic heterocycles. The van der Waals surface area contributed by atoms with Crippen LogP contribution in [0.3, 0.4) is 0 Å². The highest BCUT2D eigenvalue weighted by atomic mass is 35.5. The number of likely N-dealkylation sites (tertiary alicyclic amines) is 1. The summed E-state index contributed by atoms with van der Waals surface area (Å²) in [6.07, 6.45) is 1.49. The minimum atomic E-state index is -0.528. The van der Waals surface area contributed by atoms with Crippen LogP contribution in [0.1, 0.15) is 22.5 Å². The zero-order valence-electron chi connectivity index (χ0n) is 12.8. The van der Waals surface area contributed by atoms with E-state index in [4.69, 9.17) is 11.6 Å². The maximum absolute atomic E-state index is 13.2. The highest BCUT2D eigenvalue weighted by molar-refractivity contribution is 7.12. The van der Waals surface area contributed by atoms with E-state index in [1.807, 2.05) is 11.4 Å². The Balaban J connectivity index is 1.64. The van der Waals surface area contributed by atoms with E-state index in [1.165, 1.54) is 29.5 Å². The number of carbonyl (C=O) groups excluding carboxylic acids is 2. The monoisotopic (exact) mass is 366 g/mol. The molecule has 0 aliphatic carbocycles. The van der Waals surface area contributed by atoms with Crippen molar-refractivity contribution in [1.29, 1.82) is 0 Å². The standard InChI is InChI=1S/C17H16ClFN2O2S/c18-13-9-12(5-6-14(13)19)20-16(22)11-3-1-7-21(10-11)17(23)15-4-2-8-24-15/h2,4-6,8-9,11H,1,3,7,10H2,(H,20,22)/t11-/m0/s1. The molecule has 1 N–H and O–H groups in total. The lowest BCUT2D eigenvalue weighted by atomic mass is 9.97. The molecule has 126 valence electrons. The maximum atomic E-state index is 13.2. The van der Waals surface area contributed by atoms with Crippen LogP contribution in [0.4, 0.5) is 10.1 Å². The zero-order valence-corrected chi connectivity index (χ0v) is 14.4. The molecule has 1 aliphatic rings. The van der Waals surface area contributed by atoms with Crippen molar-refractivity contribution in [3.63, 3.8) is 0 Å². The molecule has 3 rings (SSSR count). The van der Waals surface area contributed by atoms with Gasteiger partial charge in [0.15, 0.2) is 0 Å². The van der Waals surface area contributed by atoms with Gasteiger partial charge in [-0.15, -0.1) is 11.3 Å². The van der Waals surface area contributed by atoms with E-state index in [1.54, 1.807) is 11.0 Å². The normalized spacial score (nSPS) is 17.6. The summed E-state index contributed by atoms with van der Waals surface area (Å²) in [4.78, 5) is 27.3. The van der Waals surface area contributed by atoms with Gasteiger partial charge >= 0.3 is 0 Å². The molecule has 24 heavy (non-hydrogen) atoms. The molecule has 0 unspecified atom stereocenters. The molecule has 0 spiro atoms. The number of nitrogens with one attached hydrogen (secondary N) is 1. The third-order valence-corrected chi connectivity index (χ3v) is 5.15. The van der Waals surface area contributed by atoms with Crippen LogP contribution in [0.25, 0.3) is 0 Å². The number of hydrogen-bond donors (Lipinski definition) is 1. The number of carbonyl (C=O) groups is 2. The van der Waals surface area contributed by atoms with Gasteiger partial charge in [0.05, 0.1) is 15.8 Å². The summed E-state index contributed by atoms with van der Waals surface area (Å²) in [5.41, 5.74) is 0.452. The van der Waals surface area contributed by atoms with Crippen LogP contribution in [0.2, 0.25) is 5.02 Å². The third kappa shape index (κ3) is 3.76. The van der Waals surface area contributed by atoms with Gasteiger partial charge in [-0.1, -0.05) is 17.7 Å². The molecule has 0 bridgehead atoms. The Kier molecular flexibility index (Phi) is 5.16. The second-order valence-electron chi connectivity index (χ2n) is 5.69. The predicted octanol–water partition coefficient (Wildman–Crippen LogP) is 4.03. The predicted molar refractivity (Wildman–Crippen MR) is 93.0 cm³/mol. The van der Waals surface area contributed by atoms with Gasteiger partial charge in [-0.3, -0.25) is 9.59 Å². The fourth-order valence-electron chi connectivity index (χ4n) is 2.75. The highest BCUT2D eigenvalue weighted by Crippen LogP contribution is 2.23. The van der Waals surface area contributed by atoms with Crippen LogP contribution in [-0.4, -0.2) is 29.8 Å². The number of amides is 2. The van der Waals surface area contributed by atoms with Gasteiger partial charge in [0.2, 0.25) is 5.91 Å². The van der Waals surface area contributed by atoms with E-state index in [0.717, 1.165) is 12.8 Å². The number of thiophene rings is 1. The molecule has 1 saturated heterocycles. The van der Waals surface area contributed by atoms with Crippen molar-refractivity contribution in [2.24, 2.45) is 5.92 Å². The van der Waals surface area contributed by atoms with Crippen LogP contribution < -0.4 is 5.32 Å². The lowest BCUT2D eigenvalue weighted by Crippen LogP contribution is -2.43. The number of rotatable bonds is 3. The van der Waals surface area contributed by atoms with Gasteiger partial charge < -0.3 is 10.2 Å². The molecular formula is C17H16ClFN2O2S. The van der Waals surface area contributed by atoms with Gasteiger partial charge in [0.1, 0.15) is 5.82 Å². The molecule has 0 radical (unpaired) electrons. The summed E-state index contributed by atoms with van der Waals surface area (Å²) in [7, 11) is 0. The maximum Gasteiger partial charge on any atom is 0.263 e. The zero-order chi connectivity index (χ0) is 17.1. The van der Waals surface area contributed by atoms with E-state index >= 15 is 0 Å². The van der Waals surface area contributed by atoms with Gasteiger partial charge in [-0.25, -0.2) is 4.39 Å². The topological polar surface area (TPSA) is 49.4 Å². The lowest BCUT2D eigenvalue weighted by Gasteiger charge is -2.31. The second kappa shape index (κ2) is 7.32. The smallest absolute Gasteiger partial charge is 0.263 e. The minimum absolute atomic E-state index is 0.0349. The molecular weight excluding hydrogens is 351 g/mol. The number of nitrogens with zero attached hydrogens (tertiary/aromatic N) is 1. The van der Waals surface area contributed by atoms with Crippen LogP contribution in [0, 0.1) is 11.7 Å². The molecule has 2 heterocycles. The molecule has 1 aliphatic heterocycles. The fraction of sp³-hybridized carbons (Fsp3) is 0.294. The Morgan fingerprint density at radius 1 is 1.33 bits per heavy atom. The van der Waals surface area contributed by atoms with Gasteiger partial charge in [0.25, 0.3) is 5.91 Å². The molecule has 0 saturated carbocycles. The Bertz CT molecular complexity index is 751. The summed E-state index contributed by atoms with van der Waals surface area (Å²) >= 11 is 7.12. The van der Waals surface area contributed by atoms with E-state index in [-0.39, 0.29) is 22.8 Å². The Hall–Kier alpha value is -1.92. The van der Waals surface area contributed by atoms with Crippen molar-refractivity contribution in [1.82, 2.24) is 4.90 Å². The van der Waals surface area contributed by atoms with Crippen molar-refractivity contribution in [2.75, 3.05) is 18.4 Å². The largest absolute Gasteiger partial charge is 0.337 e. The lowest BCUT2D eigenvalue weighted by molar-refractivity contribution is -0.121. The third-order valence-electron chi connectivity index (χ3n) is 4.00. The van der Waals surface area contributed by atoms with Gasteiger partial charge in [-0.2, -0.15) is 0 Å². The number of halogens is 2. The average molecular weight is 367 g/mol. The molecule has 7 heteroatoms. The minimum Gasteiger partial charge on any atom is -0.337 e. The first-order chi connectivity index (χ1) is 11.5. The Morgan fingerprint density at radius 2 is 2.17 bits per heavy atom. The number of hydrogen-bond acceptors (Lipinski definition) is 3. The van der Waals surface area contributed by atoms with Gasteiger partial charge in [0, 0.05) is 18.8 Å². The van der Waals surface area contributed by atoms with Crippen molar-refractivity contribution < 1.29 is 14.0 Å². The number of anilines is 1. The van der Waals surface area contributed by atoms with Crippen LogP contribution in [0.5, 0.6) is 0 Å². The van der Waals surface area contributed by atoms with Crippen molar-refractivity contribution in [3.8, 4) is 0 Å². The summed E-state index contributed by atoms with van der Waals surface area (Å²) in [5, 5.41) is 4.57. The summed E-state index contributed by atoms with van der Waals surface area (Å²) in [6.45, 7) is 1.04. The molecule has 2 aromatic rings. The van der Waals surface area contributed by atoms with E-state index < -0.39 is 5.82 Å². The van der Waals surface area contributed by atoms with E-state index in [2.05, 4.69) is 5.32 Å². The summed E-state index contributed by atoms with van der Waals surface area (Å²) < 4.78 is 13.2. The first-order valence-corrected chi connectivity index (χ1v) is 8.89. The van der Waals surface area contributed by atoms with Crippen LogP contribution in [0.15, 0.2) is 35.7 Å². The molecule has 1 fully saturated rings. The van der Waals surface area contributed by atoms with E-state index in [9.17, 15) is 14.0 Å². The molecule has 2 amide bonds. The van der Waals surface area contributed by atoms with Gasteiger partial charge in [-0.05, 0) is 42.5 Å². The van der Waals surface area contributed by atoms with Crippen LogP contribution in [-0.2, 0) is 4.79 Å². The van der Waals surface area contributed by atoms with Crippen molar-refractivity contribution in [2.45, 2.75) is 12.8 Å². The molecule has 1 aromatic carbocycles. The van der Waals surface area contributed by atoms with Crippen molar-refractivity contribution >= 4 is 40.4 Å². The molecule has 4 nitrogen and oxygen atoms in total. The molecule has 1 atom stereocenters. The summed E-state index contributed by atoms with van der Waals surface area (Å²) in [6, 6.07) is 7.69. The summed E-state index contributed by atoms with van der Waals surface area (Å²) in [5.74, 6) is -1.03. The number of benzene rings is 1. The van der Waals surface area contributed by atoms with Crippen molar-refractivity contribution in [3.05, 3.63) is 51.4 Å². The second-order valence-corrected chi connectivity index (χ2v) is 7.04. The quantitative estimate of drug-likeness (QED) is 0.891. The fourth-order valence-corrected chi connectivity index (χ4v) is 3.62. The Labute approximate surface area is 148 Å². The SMILES string of the molecule is O=C(Nc1ccc(F)c(Cl)c1)[C@H]1CCCN(C(=O)c2cccs2)C1. The highest BCUT2D eigenvalue weighted by Gasteiger charge is 2.29. The first kappa shape index (κ1) is 16.9. The van der Waals surface area contributed by atoms with E-state index in [0.29, 0.717) is 23.7 Å². The average Bonchev–Trinajstić information content (AvgIpc) is 3.12. The van der Waals surface area contributed by atoms with Crippen LogP contribution >= 0.6 is 22.9 Å². The number of piperidine rings is 1.